The van der Waals surface area contributed by atoms with Gasteiger partial charge in [0.25, 0.3) is 0 Å². The Morgan fingerprint density at radius 3 is 2.76 bits per heavy atom. The first-order chi connectivity index (χ1) is 8.22. The molecule has 1 rings (SSSR count). The second-order valence-corrected chi connectivity index (χ2v) is 4.82. The van der Waals surface area contributed by atoms with Gasteiger partial charge in [0, 0.05) is 12.6 Å². The summed E-state index contributed by atoms with van der Waals surface area (Å²) in [6.45, 7) is 5.84. The molecule has 1 saturated carbocycles. The SMILES string of the molecule is CCC(C)NCC(=O)NCCOC1CCCC1. The molecule has 0 saturated heterocycles. The zero-order valence-corrected chi connectivity index (χ0v) is 11.1. The largest absolute Gasteiger partial charge is 0.376 e. The van der Waals surface area contributed by atoms with E-state index < -0.39 is 0 Å². The van der Waals surface area contributed by atoms with Crippen LogP contribution in [0.1, 0.15) is 46.0 Å². The summed E-state index contributed by atoms with van der Waals surface area (Å²) in [6.07, 6.45) is 6.42. The fourth-order valence-electron chi connectivity index (χ4n) is 1.94. The number of nitrogens with one attached hydrogen (secondary N) is 2. The lowest BCUT2D eigenvalue weighted by Gasteiger charge is -2.13. The van der Waals surface area contributed by atoms with Crippen molar-refractivity contribution < 1.29 is 9.53 Å². The van der Waals surface area contributed by atoms with Crippen molar-refractivity contribution in [2.45, 2.75) is 58.1 Å². The molecule has 0 aromatic carbocycles. The Balaban J connectivity index is 1.92. The highest BCUT2D eigenvalue weighted by molar-refractivity contribution is 5.77. The van der Waals surface area contributed by atoms with Crippen LogP contribution in [-0.2, 0) is 9.53 Å². The van der Waals surface area contributed by atoms with Gasteiger partial charge in [-0.1, -0.05) is 19.8 Å². The minimum Gasteiger partial charge on any atom is -0.376 e. The summed E-state index contributed by atoms with van der Waals surface area (Å²) < 4.78 is 5.66. The van der Waals surface area contributed by atoms with Crippen LogP contribution in [0, 0.1) is 0 Å². The Kier molecular flexibility index (Phi) is 7.21. The molecule has 100 valence electrons. The van der Waals surface area contributed by atoms with Gasteiger partial charge in [0.2, 0.25) is 5.91 Å². The van der Waals surface area contributed by atoms with Crippen LogP contribution in [0.25, 0.3) is 0 Å². The van der Waals surface area contributed by atoms with Gasteiger partial charge in [0.05, 0.1) is 19.3 Å². The first-order valence-corrected chi connectivity index (χ1v) is 6.84. The fourth-order valence-corrected chi connectivity index (χ4v) is 1.94. The van der Waals surface area contributed by atoms with Gasteiger partial charge < -0.3 is 15.4 Å². The van der Waals surface area contributed by atoms with E-state index in [9.17, 15) is 4.79 Å². The van der Waals surface area contributed by atoms with Crippen LogP contribution in [0.5, 0.6) is 0 Å². The van der Waals surface area contributed by atoms with Crippen LogP contribution in [0.3, 0.4) is 0 Å². The molecule has 0 radical (unpaired) electrons. The zero-order chi connectivity index (χ0) is 12.5. The summed E-state index contributed by atoms with van der Waals surface area (Å²) in [5.74, 6) is 0.0559. The van der Waals surface area contributed by atoms with Crippen molar-refractivity contribution in [1.29, 1.82) is 0 Å². The zero-order valence-electron chi connectivity index (χ0n) is 11.1. The van der Waals surface area contributed by atoms with Crippen LogP contribution >= 0.6 is 0 Å². The second-order valence-electron chi connectivity index (χ2n) is 4.82. The lowest BCUT2D eigenvalue weighted by Crippen LogP contribution is -2.39. The maximum absolute atomic E-state index is 11.4. The van der Waals surface area contributed by atoms with Crippen LogP contribution in [0.2, 0.25) is 0 Å². The van der Waals surface area contributed by atoms with Crippen molar-refractivity contribution in [2.24, 2.45) is 0 Å². The molecule has 4 nitrogen and oxygen atoms in total. The monoisotopic (exact) mass is 242 g/mol. The molecule has 0 aliphatic heterocycles. The minimum atomic E-state index is 0.0559. The highest BCUT2D eigenvalue weighted by Crippen LogP contribution is 2.20. The summed E-state index contributed by atoms with van der Waals surface area (Å²) in [4.78, 5) is 11.4. The number of ether oxygens (including phenoxy) is 1. The lowest BCUT2D eigenvalue weighted by molar-refractivity contribution is -0.120. The Hall–Kier alpha value is -0.610. The number of amides is 1. The third-order valence-corrected chi connectivity index (χ3v) is 3.30. The Bertz CT molecular complexity index is 215. The van der Waals surface area contributed by atoms with Gasteiger partial charge in [0.1, 0.15) is 0 Å². The molecule has 1 amide bonds. The number of carbonyl (C=O) groups is 1. The Labute approximate surface area is 104 Å². The average Bonchev–Trinajstić information content (AvgIpc) is 2.84. The quantitative estimate of drug-likeness (QED) is 0.633. The molecule has 0 aromatic rings. The van der Waals surface area contributed by atoms with Crippen molar-refractivity contribution in [2.75, 3.05) is 19.7 Å². The van der Waals surface area contributed by atoms with E-state index in [2.05, 4.69) is 24.5 Å². The van der Waals surface area contributed by atoms with E-state index in [0.29, 0.717) is 31.8 Å². The van der Waals surface area contributed by atoms with Crippen molar-refractivity contribution in [3.63, 3.8) is 0 Å². The van der Waals surface area contributed by atoms with Crippen LogP contribution in [-0.4, -0.2) is 37.7 Å². The van der Waals surface area contributed by atoms with E-state index >= 15 is 0 Å². The summed E-state index contributed by atoms with van der Waals surface area (Å²) in [7, 11) is 0. The van der Waals surface area contributed by atoms with E-state index in [1.807, 2.05) is 0 Å². The average molecular weight is 242 g/mol. The van der Waals surface area contributed by atoms with Crippen molar-refractivity contribution in [3.8, 4) is 0 Å². The lowest BCUT2D eigenvalue weighted by atomic mass is 10.2. The molecule has 17 heavy (non-hydrogen) atoms. The van der Waals surface area contributed by atoms with Gasteiger partial charge in [-0.15, -0.1) is 0 Å². The van der Waals surface area contributed by atoms with E-state index in [1.165, 1.54) is 25.7 Å². The predicted octanol–water partition coefficient (Wildman–Crippen LogP) is 1.45. The summed E-state index contributed by atoms with van der Waals surface area (Å²) in [5.41, 5.74) is 0. The molecular formula is C13H26N2O2. The molecule has 2 N–H and O–H groups in total. The smallest absolute Gasteiger partial charge is 0.234 e. The number of hydrogen-bond donors (Lipinski definition) is 2. The third kappa shape index (κ3) is 6.64. The van der Waals surface area contributed by atoms with Gasteiger partial charge in [-0.05, 0) is 26.2 Å². The molecule has 0 heterocycles. The first-order valence-electron chi connectivity index (χ1n) is 6.84. The Morgan fingerprint density at radius 1 is 1.41 bits per heavy atom. The minimum absolute atomic E-state index is 0.0559. The maximum Gasteiger partial charge on any atom is 0.234 e. The number of hydrogen-bond acceptors (Lipinski definition) is 3. The van der Waals surface area contributed by atoms with E-state index in [0.717, 1.165) is 6.42 Å². The van der Waals surface area contributed by atoms with Crippen molar-refractivity contribution in [3.05, 3.63) is 0 Å². The molecule has 1 unspecified atom stereocenters. The van der Waals surface area contributed by atoms with E-state index in [1.54, 1.807) is 0 Å². The number of carbonyl (C=O) groups excluding carboxylic acids is 1. The highest BCUT2D eigenvalue weighted by Gasteiger charge is 2.14. The van der Waals surface area contributed by atoms with Crippen LogP contribution < -0.4 is 10.6 Å². The third-order valence-electron chi connectivity index (χ3n) is 3.30. The van der Waals surface area contributed by atoms with E-state index in [-0.39, 0.29) is 5.91 Å². The topological polar surface area (TPSA) is 50.4 Å². The van der Waals surface area contributed by atoms with Gasteiger partial charge in [-0.2, -0.15) is 0 Å². The fraction of sp³-hybridized carbons (Fsp3) is 0.923. The molecular weight excluding hydrogens is 216 g/mol. The van der Waals surface area contributed by atoms with Crippen LogP contribution in [0.15, 0.2) is 0 Å². The Morgan fingerprint density at radius 2 is 2.12 bits per heavy atom. The van der Waals surface area contributed by atoms with Crippen molar-refractivity contribution >= 4 is 5.91 Å². The molecule has 1 atom stereocenters. The molecule has 0 bridgehead atoms. The summed E-state index contributed by atoms with van der Waals surface area (Å²) in [5, 5.41) is 6.02. The highest BCUT2D eigenvalue weighted by atomic mass is 16.5. The van der Waals surface area contributed by atoms with Crippen LogP contribution in [0.4, 0.5) is 0 Å². The van der Waals surface area contributed by atoms with Gasteiger partial charge >= 0.3 is 0 Å². The molecule has 1 aliphatic carbocycles. The molecule has 0 aromatic heterocycles. The second kappa shape index (κ2) is 8.48. The van der Waals surface area contributed by atoms with E-state index in [4.69, 9.17) is 4.74 Å². The summed E-state index contributed by atoms with van der Waals surface area (Å²) in [6, 6.07) is 0.399. The normalized spacial score (nSPS) is 18.2. The first kappa shape index (κ1) is 14.5. The summed E-state index contributed by atoms with van der Waals surface area (Å²) >= 11 is 0. The molecule has 4 heteroatoms. The standard InChI is InChI=1S/C13H26N2O2/c1-3-11(2)15-10-13(16)14-8-9-17-12-6-4-5-7-12/h11-12,15H,3-10H2,1-2H3,(H,14,16). The van der Waals surface area contributed by atoms with Crippen molar-refractivity contribution in [1.82, 2.24) is 10.6 Å². The van der Waals surface area contributed by atoms with Gasteiger partial charge in [-0.3, -0.25) is 4.79 Å². The van der Waals surface area contributed by atoms with Gasteiger partial charge in [0.15, 0.2) is 0 Å². The molecule has 1 fully saturated rings. The predicted molar refractivity (Wildman–Crippen MR) is 69.0 cm³/mol. The van der Waals surface area contributed by atoms with Gasteiger partial charge in [-0.25, -0.2) is 0 Å². The maximum atomic E-state index is 11.4. The molecule has 0 spiro atoms. The number of rotatable bonds is 8. The molecule has 1 aliphatic rings.